The summed E-state index contributed by atoms with van der Waals surface area (Å²) in [4.78, 5) is 21.8. The molecule has 0 fully saturated rings. The molecule has 2 N–H and O–H groups in total. The molecule has 1 amide bonds. The molecule has 6 nitrogen and oxygen atoms in total. The third-order valence-corrected chi connectivity index (χ3v) is 2.76. The zero-order chi connectivity index (χ0) is 13.7. The molecule has 0 spiro atoms. The van der Waals surface area contributed by atoms with Crippen LogP contribution in [0.1, 0.15) is 18.4 Å². The van der Waals surface area contributed by atoms with Gasteiger partial charge in [0.15, 0.2) is 11.5 Å². The minimum atomic E-state index is -0.924. The number of hydrogen-bond acceptors (Lipinski definition) is 4. The molecule has 0 aliphatic carbocycles. The molecule has 1 aliphatic rings. The van der Waals surface area contributed by atoms with Crippen molar-refractivity contribution in [2.24, 2.45) is 0 Å². The molecule has 1 aromatic rings. The lowest BCUT2D eigenvalue weighted by Crippen LogP contribution is -2.26. The van der Waals surface area contributed by atoms with Gasteiger partial charge in [0.1, 0.15) is 0 Å². The summed E-state index contributed by atoms with van der Waals surface area (Å²) in [6.45, 7) is 0.359. The molecule has 1 heterocycles. The van der Waals surface area contributed by atoms with E-state index in [2.05, 4.69) is 5.32 Å². The number of hydrogen-bond donors (Lipinski definition) is 2. The molecule has 2 rings (SSSR count). The summed E-state index contributed by atoms with van der Waals surface area (Å²) >= 11 is 0. The van der Waals surface area contributed by atoms with E-state index >= 15 is 0 Å². The van der Waals surface area contributed by atoms with Crippen LogP contribution in [-0.2, 0) is 16.0 Å². The summed E-state index contributed by atoms with van der Waals surface area (Å²) in [7, 11) is 0. The number of para-hydroxylation sites is 1. The van der Waals surface area contributed by atoms with Gasteiger partial charge in [-0.1, -0.05) is 12.1 Å². The molecule has 0 atom stereocenters. The number of carboxylic acids is 1. The van der Waals surface area contributed by atoms with Crippen LogP contribution in [0.15, 0.2) is 18.2 Å². The third kappa shape index (κ3) is 3.61. The zero-order valence-corrected chi connectivity index (χ0v) is 10.3. The Morgan fingerprint density at radius 1 is 1.26 bits per heavy atom. The number of amides is 1. The van der Waals surface area contributed by atoms with Gasteiger partial charge in [0.05, 0.1) is 6.42 Å². The van der Waals surface area contributed by atoms with Crippen molar-refractivity contribution in [2.75, 3.05) is 13.3 Å². The lowest BCUT2D eigenvalue weighted by atomic mass is 10.1. The quantitative estimate of drug-likeness (QED) is 0.799. The van der Waals surface area contributed by atoms with Crippen molar-refractivity contribution < 1.29 is 24.2 Å². The average Bonchev–Trinajstić information content (AvgIpc) is 2.84. The fraction of sp³-hybridized carbons (Fsp3) is 0.385. The minimum absolute atomic E-state index is 0.0660. The number of carbonyl (C=O) groups is 2. The molecule has 19 heavy (non-hydrogen) atoms. The molecule has 6 heteroatoms. The maximum Gasteiger partial charge on any atom is 0.305 e. The average molecular weight is 265 g/mol. The molecule has 102 valence electrons. The van der Waals surface area contributed by atoms with Gasteiger partial charge in [0.2, 0.25) is 12.7 Å². The minimum Gasteiger partial charge on any atom is -0.481 e. The Labute approximate surface area is 110 Å². The number of aliphatic carboxylic acids is 1. The highest BCUT2D eigenvalue weighted by molar-refractivity contribution is 5.77. The van der Waals surface area contributed by atoms with Gasteiger partial charge < -0.3 is 19.9 Å². The van der Waals surface area contributed by atoms with Gasteiger partial charge >= 0.3 is 5.97 Å². The second-order valence-corrected chi connectivity index (χ2v) is 4.14. The van der Waals surface area contributed by atoms with Crippen LogP contribution in [0.4, 0.5) is 0 Å². The van der Waals surface area contributed by atoms with Crippen LogP contribution in [0.25, 0.3) is 0 Å². The molecule has 0 unspecified atom stereocenters. The fourth-order valence-corrected chi connectivity index (χ4v) is 1.83. The highest BCUT2D eigenvalue weighted by Gasteiger charge is 2.17. The fourth-order valence-electron chi connectivity index (χ4n) is 1.83. The van der Waals surface area contributed by atoms with Crippen molar-refractivity contribution in [3.63, 3.8) is 0 Å². The van der Waals surface area contributed by atoms with Gasteiger partial charge in [-0.15, -0.1) is 0 Å². The summed E-state index contributed by atoms with van der Waals surface area (Å²) in [5, 5.41) is 11.0. The van der Waals surface area contributed by atoms with E-state index in [0.29, 0.717) is 24.3 Å². The van der Waals surface area contributed by atoms with Crippen molar-refractivity contribution in [1.29, 1.82) is 0 Å². The topological polar surface area (TPSA) is 84.9 Å². The van der Waals surface area contributed by atoms with Crippen molar-refractivity contribution in [1.82, 2.24) is 5.32 Å². The number of aryl methyl sites for hydroxylation is 1. The summed E-state index contributed by atoms with van der Waals surface area (Å²) in [5.74, 6) is 0.300. The summed E-state index contributed by atoms with van der Waals surface area (Å²) in [6, 6.07) is 5.56. The van der Waals surface area contributed by atoms with Crippen molar-refractivity contribution in [2.45, 2.75) is 19.3 Å². The normalized spacial score (nSPS) is 12.2. The molecule has 0 radical (unpaired) electrons. The summed E-state index contributed by atoms with van der Waals surface area (Å²) in [5.41, 5.74) is 0.920. The second kappa shape index (κ2) is 6.08. The number of carboxylic acid groups (broad SMARTS) is 1. The SMILES string of the molecule is O=C(O)CCNC(=O)CCc1cccc2c1OCO2. The maximum absolute atomic E-state index is 11.5. The number of rotatable bonds is 6. The van der Waals surface area contributed by atoms with E-state index in [4.69, 9.17) is 14.6 Å². The summed E-state index contributed by atoms with van der Waals surface area (Å²) < 4.78 is 10.6. The van der Waals surface area contributed by atoms with Gasteiger partial charge in [-0.25, -0.2) is 0 Å². The van der Waals surface area contributed by atoms with Crippen molar-refractivity contribution in [3.05, 3.63) is 23.8 Å². The van der Waals surface area contributed by atoms with Gasteiger partial charge in [0.25, 0.3) is 0 Å². The lowest BCUT2D eigenvalue weighted by molar-refractivity contribution is -0.136. The predicted octanol–water partition coefficient (Wildman–Crippen LogP) is 0.939. The molecular weight excluding hydrogens is 250 g/mol. The number of ether oxygens (including phenoxy) is 2. The van der Waals surface area contributed by atoms with Crippen LogP contribution in [-0.4, -0.2) is 30.3 Å². The number of nitrogens with one attached hydrogen (secondary N) is 1. The van der Waals surface area contributed by atoms with Crippen LogP contribution in [0.5, 0.6) is 11.5 Å². The van der Waals surface area contributed by atoms with Crippen LogP contribution >= 0.6 is 0 Å². The van der Waals surface area contributed by atoms with E-state index in [1.54, 1.807) is 0 Å². The van der Waals surface area contributed by atoms with Crippen LogP contribution in [0, 0.1) is 0 Å². The van der Waals surface area contributed by atoms with E-state index in [9.17, 15) is 9.59 Å². The number of fused-ring (bicyclic) bond motifs is 1. The Bertz CT molecular complexity index is 486. The highest BCUT2D eigenvalue weighted by atomic mass is 16.7. The van der Waals surface area contributed by atoms with Gasteiger partial charge in [-0.3, -0.25) is 9.59 Å². The van der Waals surface area contributed by atoms with E-state index < -0.39 is 5.97 Å². The van der Waals surface area contributed by atoms with Crippen LogP contribution in [0.2, 0.25) is 0 Å². The predicted molar refractivity (Wildman–Crippen MR) is 66.1 cm³/mol. The smallest absolute Gasteiger partial charge is 0.305 e. The third-order valence-electron chi connectivity index (χ3n) is 2.76. The van der Waals surface area contributed by atoms with Gasteiger partial charge in [0, 0.05) is 13.0 Å². The second-order valence-electron chi connectivity index (χ2n) is 4.14. The molecule has 0 saturated heterocycles. The van der Waals surface area contributed by atoms with Gasteiger partial charge in [-0.2, -0.15) is 0 Å². The van der Waals surface area contributed by atoms with Crippen LogP contribution in [0.3, 0.4) is 0 Å². The van der Waals surface area contributed by atoms with Crippen LogP contribution < -0.4 is 14.8 Å². The Morgan fingerprint density at radius 2 is 2.11 bits per heavy atom. The molecule has 1 aliphatic heterocycles. The largest absolute Gasteiger partial charge is 0.481 e. The first-order chi connectivity index (χ1) is 9.16. The van der Waals surface area contributed by atoms with Crippen molar-refractivity contribution in [3.8, 4) is 11.5 Å². The highest BCUT2D eigenvalue weighted by Crippen LogP contribution is 2.35. The maximum atomic E-state index is 11.5. The van der Waals surface area contributed by atoms with Crippen molar-refractivity contribution >= 4 is 11.9 Å². The first-order valence-electron chi connectivity index (χ1n) is 6.03. The summed E-state index contributed by atoms with van der Waals surface area (Å²) in [6.07, 6.45) is 0.758. The number of benzene rings is 1. The molecule has 0 bridgehead atoms. The Morgan fingerprint density at radius 3 is 2.89 bits per heavy atom. The molecule has 0 aromatic heterocycles. The monoisotopic (exact) mass is 265 g/mol. The number of carbonyl (C=O) groups excluding carboxylic acids is 1. The molecule has 0 saturated carbocycles. The van der Waals surface area contributed by atoms with Gasteiger partial charge in [-0.05, 0) is 18.1 Å². The first kappa shape index (κ1) is 13.2. The Balaban J connectivity index is 1.81. The van der Waals surface area contributed by atoms with E-state index in [0.717, 1.165) is 5.56 Å². The lowest BCUT2D eigenvalue weighted by Gasteiger charge is -2.06. The van der Waals surface area contributed by atoms with E-state index in [1.165, 1.54) is 0 Å². The Kier molecular flexibility index (Phi) is 4.22. The first-order valence-corrected chi connectivity index (χ1v) is 6.03. The molecular formula is C13H15NO5. The van der Waals surface area contributed by atoms with E-state index in [-0.39, 0.29) is 25.7 Å². The zero-order valence-electron chi connectivity index (χ0n) is 10.3. The molecule has 1 aromatic carbocycles. The van der Waals surface area contributed by atoms with E-state index in [1.807, 2.05) is 18.2 Å². The standard InChI is InChI=1S/C13H15NO5/c15-11(14-7-6-12(16)17)5-4-9-2-1-3-10-13(9)19-8-18-10/h1-3H,4-8H2,(H,14,15)(H,16,17). The Hall–Kier alpha value is -2.24.